The molecule has 1 atom stereocenters. The van der Waals surface area contributed by atoms with Gasteiger partial charge >= 0.3 is 0 Å². The fourth-order valence-corrected chi connectivity index (χ4v) is 4.64. The Labute approximate surface area is 197 Å². The van der Waals surface area contributed by atoms with E-state index < -0.39 is 0 Å². The van der Waals surface area contributed by atoms with Gasteiger partial charge in [-0.15, -0.1) is 0 Å². The highest BCUT2D eigenvalue weighted by Gasteiger charge is 2.00. The predicted molar refractivity (Wildman–Crippen MR) is 141 cm³/mol. The van der Waals surface area contributed by atoms with Crippen LogP contribution in [-0.4, -0.2) is 17.8 Å². The molecule has 0 saturated heterocycles. The van der Waals surface area contributed by atoms with Gasteiger partial charge < -0.3 is 10.8 Å². The lowest BCUT2D eigenvalue weighted by Gasteiger charge is -2.06. The number of rotatable bonds is 27. The summed E-state index contributed by atoms with van der Waals surface area (Å²) in [5, 5.41) is 9.42. The van der Waals surface area contributed by atoms with Gasteiger partial charge in [0.1, 0.15) is 0 Å². The molecule has 0 spiro atoms. The smallest absolute Gasteiger partial charge is 0.0662 e. The molecule has 0 saturated carbocycles. The summed E-state index contributed by atoms with van der Waals surface area (Å²) in [5.74, 6) is 0. The summed E-state index contributed by atoms with van der Waals surface area (Å²) in [6.45, 7) is 2.71. The molecule has 1 unspecified atom stereocenters. The average molecular weight is 440 g/mol. The SMILES string of the molecule is CCCCCCCCCCCCCCCCCCCCCCCCCCCC(O)CN. The summed E-state index contributed by atoms with van der Waals surface area (Å²) >= 11 is 0. The highest BCUT2D eigenvalue weighted by atomic mass is 16.3. The molecule has 0 radical (unpaired) electrons. The molecule has 0 aromatic rings. The lowest BCUT2D eigenvalue weighted by molar-refractivity contribution is 0.168. The molecule has 0 amide bonds. The number of aliphatic hydroxyl groups excluding tert-OH is 1. The fraction of sp³-hybridized carbons (Fsp3) is 1.00. The van der Waals surface area contributed by atoms with Crippen molar-refractivity contribution in [2.45, 2.75) is 180 Å². The van der Waals surface area contributed by atoms with Gasteiger partial charge in [0.05, 0.1) is 6.10 Å². The Kier molecular flexibility index (Phi) is 27.9. The lowest BCUT2D eigenvalue weighted by atomic mass is 10.0. The van der Waals surface area contributed by atoms with Gasteiger partial charge in [0.25, 0.3) is 0 Å². The van der Waals surface area contributed by atoms with Gasteiger partial charge in [0, 0.05) is 6.54 Å². The van der Waals surface area contributed by atoms with Crippen molar-refractivity contribution >= 4 is 0 Å². The third-order valence-electron chi connectivity index (χ3n) is 6.91. The van der Waals surface area contributed by atoms with Crippen molar-refractivity contribution in [3.8, 4) is 0 Å². The molecular formula is C29H61NO. The molecular weight excluding hydrogens is 378 g/mol. The van der Waals surface area contributed by atoms with Crippen LogP contribution in [0.15, 0.2) is 0 Å². The Morgan fingerprint density at radius 1 is 0.419 bits per heavy atom. The van der Waals surface area contributed by atoms with Crippen LogP contribution in [0.2, 0.25) is 0 Å². The van der Waals surface area contributed by atoms with Gasteiger partial charge in [-0.3, -0.25) is 0 Å². The topological polar surface area (TPSA) is 46.2 Å². The molecule has 0 aliphatic carbocycles. The van der Waals surface area contributed by atoms with E-state index in [0.717, 1.165) is 12.8 Å². The second kappa shape index (κ2) is 28.0. The van der Waals surface area contributed by atoms with Crippen molar-refractivity contribution < 1.29 is 5.11 Å². The first-order chi connectivity index (χ1) is 15.3. The zero-order valence-electron chi connectivity index (χ0n) is 21.7. The van der Waals surface area contributed by atoms with Crippen molar-refractivity contribution in [2.75, 3.05) is 6.54 Å². The number of hydrogen-bond acceptors (Lipinski definition) is 2. The summed E-state index contributed by atoms with van der Waals surface area (Å²) in [7, 11) is 0. The summed E-state index contributed by atoms with van der Waals surface area (Å²) in [6.07, 6.45) is 36.3. The number of aliphatic hydroxyl groups is 1. The quantitative estimate of drug-likeness (QED) is 0.125. The zero-order valence-corrected chi connectivity index (χ0v) is 21.7. The molecule has 0 aromatic heterocycles. The Balaban J connectivity index is 3.01. The second-order valence-electron chi connectivity index (χ2n) is 10.2. The van der Waals surface area contributed by atoms with E-state index in [1.54, 1.807) is 0 Å². The Morgan fingerprint density at radius 2 is 0.645 bits per heavy atom. The van der Waals surface area contributed by atoms with E-state index in [9.17, 15) is 5.11 Å². The van der Waals surface area contributed by atoms with Crippen LogP contribution in [0.1, 0.15) is 174 Å². The molecule has 188 valence electrons. The van der Waals surface area contributed by atoms with Crippen LogP contribution in [-0.2, 0) is 0 Å². The number of nitrogens with two attached hydrogens (primary N) is 1. The van der Waals surface area contributed by atoms with E-state index in [-0.39, 0.29) is 6.10 Å². The summed E-state index contributed by atoms with van der Waals surface area (Å²) in [5.41, 5.74) is 5.42. The first-order valence-corrected chi connectivity index (χ1v) is 14.7. The van der Waals surface area contributed by atoms with Gasteiger partial charge in [-0.1, -0.05) is 167 Å². The number of hydrogen-bond donors (Lipinski definition) is 2. The molecule has 0 bridgehead atoms. The maximum atomic E-state index is 9.42. The van der Waals surface area contributed by atoms with Crippen molar-refractivity contribution in [1.82, 2.24) is 0 Å². The minimum absolute atomic E-state index is 0.274. The van der Waals surface area contributed by atoms with E-state index >= 15 is 0 Å². The van der Waals surface area contributed by atoms with Crippen LogP contribution >= 0.6 is 0 Å². The zero-order chi connectivity index (χ0) is 22.7. The Hall–Kier alpha value is -0.0800. The maximum absolute atomic E-state index is 9.42. The van der Waals surface area contributed by atoms with Gasteiger partial charge in [-0.25, -0.2) is 0 Å². The molecule has 0 heterocycles. The van der Waals surface area contributed by atoms with Crippen LogP contribution < -0.4 is 5.73 Å². The molecule has 0 aromatic carbocycles. The molecule has 0 fully saturated rings. The summed E-state index contributed by atoms with van der Waals surface area (Å²) in [4.78, 5) is 0. The van der Waals surface area contributed by atoms with Crippen LogP contribution in [0, 0.1) is 0 Å². The summed E-state index contributed by atoms with van der Waals surface area (Å²) in [6, 6.07) is 0. The molecule has 2 heteroatoms. The highest BCUT2D eigenvalue weighted by molar-refractivity contribution is 4.56. The van der Waals surface area contributed by atoms with Crippen LogP contribution in [0.5, 0.6) is 0 Å². The van der Waals surface area contributed by atoms with E-state index in [1.807, 2.05) is 0 Å². The van der Waals surface area contributed by atoms with Crippen molar-refractivity contribution in [3.05, 3.63) is 0 Å². The van der Waals surface area contributed by atoms with E-state index in [1.165, 1.54) is 154 Å². The summed E-state index contributed by atoms with van der Waals surface area (Å²) < 4.78 is 0. The molecule has 3 N–H and O–H groups in total. The molecule has 0 rings (SSSR count). The van der Waals surface area contributed by atoms with Gasteiger partial charge in [-0.05, 0) is 6.42 Å². The fourth-order valence-electron chi connectivity index (χ4n) is 4.64. The minimum atomic E-state index is -0.274. The maximum Gasteiger partial charge on any atom is 0.0662 e. The molecule has 0 aliphatic heterocycles. The van der Waals surface area contributed by atoms with E-state index in [2.05, 4.69) is 6.92 Å². The van der Waals surface area contributed by atoms with Crippen LogP contribution in [0.4, 0.5) is 0 Å². The van der Waals surface area contributed by atoms with Crippen LogP contribution in [0.3, 0.4) is 0 Å². The number of unbranched alkanes of at least 4 members (excludes halogenated alkanes) is 24. The van der Waals surface area contributed by atoms with Gasteiger partial charge in [0.15, 0.2) is 0 Å². The third-order valence-corrected chi connectivity index (χ3v) is 6.91. The molecule has 2 nitrogen and oxygen atoms in total. The average Bonchev–Trinajstić information content (AvgIpc) is 2.78. The normalized spacial score (nSPS) is 12.5. The monoisotopic (exact) mass is 439 g/mol. The van der Waals surface area contributed by atoms with E-state index in [4.69, 9.17) is 5.73 Å². The molecule has 31 heavy (non-hydrogen) atoms. The standard InChI is InChI=1S/C29H61NO/c1-2-3-4-5-6-7-8-9-10-11-12-13-14-15-16-17-18-19-20-21-22-23-24-25-26-27-29(31)28-30/h29,31H,2-28,30H2,1H3. The van der Waals surface area contributed by atoms with E-state index in [0.29, 0.717) is 6.54 Å². The largest absolute Gasteiger partial charge is 0.392 e. The minimum Gasteiger partial charge on any atom is -0.392 e. The third kappa shape index (κ3) is 27.9. The Bertz CT molecular complexity index is 307. The first kappa shape index (κ1) is 30.9. The molecule has 0 aliphatic rings. The highest BCUT2D eigenvalue weighted by Crippen LogP contribution is 2.16. The van der Waals surface area contributed by atoms with Crippen molar-refractivity contribution in [2.24, 2.45) is 5.73 Å². The predicted octanol–water partition coefficient (Wildman–Crippen LogP) is 9.47. The Morgan fingerprint density at radius 3 is 0.871 bits per heavy atom. The van der Waals surface area contributed by atoms with Crippen molar-refractivity contribution in [3.63, 3.8) is 0 Å². The van der Waals surface area contributed by atoms with Crippen molar-refractivity contribution in [1.29, 1.82) is 0 Å². The first-order valence-electron chi connectivity index (χ1n) is 14.7. The lowest BCUT2D eigenvalue weighted by Crippen LogP contribution is -2.19. The van der Waals surface area contributed by atoms with Gasteiger partial charge in [-0.2, -0.15) is 0 Å². The van der Waals surface area contributed by atoms with Gasteiger partial charge in [0.2, 0.25) is 0 Å². The second-order valence-corrected chi connectivity index (χ2v) is 10.2. The van der Waals surface area contributed by atoms with Crippen LogP contribution in [0.25, 0.3) is 0 Å².